The molecule has 0 fully saturated rings. The molecule has 1 amide bonds. The van der Waals surface area contributed by atoms with Gasteiger partial charge in [0.2, 0.25) is 11.8 Å². The van der Waals surface area contributed by atoms with E-state index in [0.29, 0.717) is 17.7 Å². The normalized spacial score (nSPS) is 10.5. The summed E-state index contributed by atoms with van der Waals surface area (Å²) in [5, 5.41) is 11.2. The number of carbonyl (C=O) groups excluding carboxylic acids is 1. The third-order valence-corrected chi connectivity index (χ3v) is 4.50. The molecule has 3 aromatic rings. The minimum Gasteiger partial charge on any atom is -0.411 e. The molecule has 3 rings (SSSR count). The van der Waals surface area contributed by atoms with Gasteiger partial charge >= 0.3 is 0 Å². The van der Waals surface area contributed by atoms with Crippen LogP contribution in [0.1, 0.15) is 5.56 Å². The van der Waals surface area contributed by atoms with E-state index in [1.165, 1.54) is 11.8 Å². The van der Waals surface area contributed by atoms with Crippen molar-refractivity contribution in [3.63, 3.8) is 0 Å². The van der Waals surface area contributed by atoms with Gasteiger partial charge in [0.1, 0.15) is 0 Å². The van der Waals surface area contributed by atoms with Crippen molar-refractivity contribution < 1.29 is 9.21 Å². The number of carbonyl (C=O) groups is 1. The molecular formula is C17H14BrN3O2S. The lowest BCUT2D eigenvalue weighted by Gasteiger charge is -2.03. The maximum absolute atomic E-state index is 11.9. The third kappa shape index (κ3) is 4.69. The number of amides is 1. The Balaban J connectivity index is 1.50. The van der Waals surface area contributed by atoms with Crippen molar-refractivity contribution in [3.8, 4) is 11.5 Å². The van der Waals surface area contributed by atoms with Crippen molar-refractivity contribution in [3.05, 3.63) is 64.6 Å². The van der Waals surface area contributed by atoms with Crippen molar-refractivity contribution >= 4 is 33.6 Å². The van der Waals surface area contributed by atoms with Crippen molar-refractivity contribution in [2.75, 3.05) is 5.75 Å². The van der Waals surface area contributed by atoms with Crippen molar-refractivity contribution in [1.82, 2.24) is 15.5 Å². The predicted molar refractivity (Wildman–Crippen MR) is 96.4 cm³/mol. The number of hydrogen-bond acceptors (Lipinski definition) is 5. The summed E-state index contributed by atoms with van der Waals surface area (Å²) < 4.78 is 6.55. The van der Waals surface area contributed by atoms with E-state index in [1.54, 1.807) is 0 Å². The number of nitrogens with zero attached hydrogens (tertiary/aromatic N) is 2. The number of hydrogen-bond donors (Lipinski definition) is 1. The van der Waals surface area contributed by atoms with Gasteiger partial charge in [0.05, 0.1) is 5.75 Å². The number of nitrogens with one attached hydrogen (secondary N) is 1. The number of benzene rings is 2. The molecular weight excluding hydrogens is 390 g/mol. The van der Waals surface area contributed by atoms with Crippen LogP contribution in [0.3, 0.4) is 0 Å². The smallest absolute Gasteiger partial charge is 0.277 e. The lowest BCUT2D eigenvalue weighted by Crippen LogP contribution is -2.24. The Morgan fingerprint density at radius 3 is 2.58 bits per heavy atom. The van der Waals surface area contributed by atoms with Crippen LogP contribution in [0.2, 0.25) is 0 Å². The summed E-state index contributed by atoms with van der Waals surface area (Å²) in [5.41, 5.74) is 1.90. The molecule has 7 heteroatoms. The van der Waals surface area contributed by atoms with Crippen LogP contribution >= 0.6 is 27.7 Å². The second-order valence-electron chi connectivity index (χ2n) is 4.93. The van der Waals surface area contributed by atoms with Gasteiger partial charge in [0.25, 0.3) is 5.22 Å². The molecule has 0 saturated carbocycles. The van der Waals surface area contributed by atoms with Gasteiger partial charge in [0, 0.05) is 16.6 Å². The highest BCUT2D eigenvalue weighted by atomic mass is 79.9. The van der Waals surface area contributed by atoms with Gasteiger partial charge in [-0.05, 0) is 29.8 Å². The molecule has 0 aliphatic rings. The Bertz CT molecular complexity index is 806. The summed E-state index contributed by atoms with van der Waals surface area (Å²) in [5.74, 6) is 0.594. The number of aromatic nitrogens is 2. The van der Waals surface area contributed by atoms with Gasteiger partial charge in [-0.3, -0.25) is 4.79 Å². The average molecular weight is 404 g/mol. The fourth-order valence-corrected chi connectivity index (χ4v) is 2.81. The van der Waals surface area contributed by atoms with Gasteiger partial charge in [-0.15, -0.1) is 10.2 Å². The molecule has 0 saturated heterocycles. The Hall–Kier alpha value is -2.12. The van der Waals surface area contributed by atoms with Crippen LogP contribution in [-0.2, 0) is 11.3 Å². The summed E-state index contributed by atoms with van der Waals surface area (Å²) in [6.45, 7) is 0.508. The molecule has 0 atom stereocenters. The van der Waals surface area contributed by atoms with Gasteiger partial charge in [-0.2, -0.15) is 0 Å². The van der Waals surface area contributed by atoms with Crippen LogP contribution in [0, 0.1) is 0 Å². The van der Waals surface area contributed by atoms with E-state index in [-0.39, 0.29) is 11.7 Å². The third-order valence-electron chi connectivity index (χ3n) is 3.16. The summed E-state index contributed by atoms with van der Waals surface area (Å²) >= 11 is 4.60. The Kier molecular flexibility index (Phi) is 5.66. The minimum atomic E-state index is -0.0766. The first-order chi connectivity index (χ1) is 11.7. The molecule has 0 aliphatic heterocycles. The predicted octanol–water partition coefficient (Wildman–Crippen LogP) is 3.91. The summed E-state index contributed by atoms with van der Waals surface area (Å²) in [6.07, 6.45) is 0. The van der Waals surface area contributed by atoms with E-state index >= 15 is 0 Å². The van der Waals surface area contributed by atoms with E-state index < -0.39 is 0 Å². The SMILES string of the molecule is O=C(CSc1nnc(-c2ccc(Br)cc2)o1)NCc1ccccc1. The second kappa shape index (κ2) is 8.12. The van der Waals surface area contributed by atoms with Crippen molar-refractivity contribution in [2.24, 2.45) is 0 Å². The highest BCUT2D eigenvalue weighted by Crippen LogP contribution is 2.24. The Labute approximate surface area is 152 Å². The van der Waals surface area contributed by atoms with Gasteiger partial charge in [-0.1, -0.05) is 58.0 Å². The van der Waals surface area contributed by atoms with Crippen molar-refractivity contribution in [1.29, 1.82) is 0 Å². The highest BCUT2D eigenvalue weighted by molar-refractivity contribution is 9.10. The lowest BCUT2D eigenvalue weighted by molar-refractivity contribution is -0.118. The number of rotatable bonds is 6. The Morgan fingerprint density at radius 1 is 1.08 bits per heavy atom. The topological polar surface area (TPSA) is 68.0 Å². The van der Waals surface area contributed by atoms with Gasteiger partial charge in [-0.25, -0.2) is 0 Å². The molecule has 0 unspecified atom stereocenters. The van der Waals surface area contributed by atoms with Crippen LogP contribution in [0.25, 0.3) is 11.5 Å². The van der Waals surface area contributed by atoms with E-state index in [1.807, 2.05) is 54.6 Å². The summed E-state index contributed by atoms with van der Waals surface area (Å²) in [6, 6.07) is 17.4. The number of halogens is 1. The summed E-state index contributed by atoms with van der Waals surface area (Å²) in [7, 11) is 0. The minimum absolute atomic E-state index is 0.0766. The fourth-order valence-electron chi connectivity index (χ4n) is 1.95. The van der Waals surface area contributed by atoms with Crippen LogP contribution in [0.15, 0.2) is 68.7 Å². The fraction of sp³-hybridized carbons (Fsp3) is 0.118. The Morgan fingerprint density at radius 2 is 1.83 bits per heavy atom. The number of thioether (sulfide) groups is 1. The van der Waals surface area contributed by atoms with Crippen LogP contribution in [0.4, 0.5) is 0 Å². The van der Waals surface area contributed by atoms with Crippen molar-refractivity contribution in [2.45, 2.75) is 11.8 Å². The zero-order valence-corrected chi connectivity index (χ0v) is 15.0. The molecule has 122 valence electrons. The lowest BCUT2D eigenvalue weighted by atomic mass is 10.2. The monoisotopic (exact) mass is 403 g/mol. The van der Waals surface area contributed by atoms with Gasteiger partial charge in [0.15, 0.2) is 0 Å². The first kappa shape index (κ1) is 16.7. The zero-order valence-electron chi connectivity index (χ0n) is 12.6. The molecule has 0 spiro atoms. The molecule has 0 bridgehead atoms. The standard InChI is InChI=1S/C17H14BrN3O2S/c18-14-8-6-13(7-9-14)16-20-21-17(23-16)24-11-15(22)19-10-12-4-2-1-3-5-12/h1-9H,10-11H2,(H,19,22). The quantitative estimate of drug-likeness (QED) is 0.631. The highest BCUT2D eigenvalue weighted by Gasteiger charge is 2.11. The van der Waals surface area contributed by atoms with Gasteiger partial charge < -0.3 is 9.73 Å². The average Bonchev–Trinajstić information content (AvgIpc) is 3.09. The van der Waals surface area contributed by atoms with Crippen LogP contribution in [0.5, 0.6) is 0 Å². The maximum Gasteiger partial charge on any atom is 0.277 e. The molecule has 1 heterocycles. The zero-order chi connectivity index (χ0) is 16.8. The summed E-state index contributed by atoms with van der Waals surface area (Å²) in [4.78, 5) is 11.9. The molecule has 1 N–H and O–H groups in total. The molecule has 24 heavy (non-hydrogen) atoms. The molecule has 5 nitrogen and oxygen atoms in total. The van der Waals surface area contributed by atoms with E-state index in [0.717, 1.165) is 15.6 Å². The molecule has 0 aliphatic carbocycles. The first-order valence-electron chi connectivity index (χ1n) is 7.23. The van der Waals surface area contributed by atoms with E-state index in [4.69, 9.17) is 4.42 Å². The molecule has 1 aromatic heterocycles. The van der Waals surface area contributed by atoms with Crippen LogP contribution < -0.4 is 5.32 Å². The first-order valence-corrected chi connectivity index (χ1v) is 9.01. The van der Waals surface area contributed by atoms with Crippen LogP contribution in [-0.4, -0.2) is 21.9 Å². The second-order valence-corrected chi connectivity index (χ2v) is 6.77. The van der Waals surface area contributed by atoms with E-state index in [2.05, 4.69) is 31.4 Å². The maximum atomic E-state index is 11.9. The molecule has 0 radical (unpaired) electrons. The molecule has 2 aromatic carbocycles. The largest absolute Gasteiger partial charge is 0.411 e. The van der Waals surface area contributed by atoms with E-state index in [9.17, 15) is 4.79 Å².